The Morgan fingerprint density at radius 3 is 2.48 bits per heavy atom. The molecule has 0 radical (unpaired) electrons. The van der Waals surface area contributed by atoms with Gasteiger partial charge in [0.1, 0.15) is 22.8 Å². The summed E-state index contributed by atoms with van der Waals surface area (Å²) in [5.41, 5.74) is 1.47. The lowest BCUT2D eigenvalue weighted by Gasteiger charge is -2.30. The van der Waals surface area contributed by atoms with Crippen LogP contribution < -0.4 is 24.4 Å². The lowest BCUT2D eigenvalue weighted by atomic mass is 10.1. The van der Waals surface area contributed by atoms with Gasteiger partial charge in [-0.3, -0.25) is 9.59 Å². The summed E-state index contributed by atoms with van der Waals surface area (Å²) in [7, 11) is 6.89. The minimum atomic E-state index is -0.373. The number of likely N-dealkylation sites (N-methyl/N-ethyl adjacent to an activating group) is 1. The second-order valence-electron chi connectivity index (χ2n) is 6.81. The number of methoxy groups -OCH3 is 2. The molecule has 0 saturated carbocycles. The molecule has 0 fully saturated rings. The number of fused-ring (bicyclic) bond motifs is 1. The molecule has 0 unspecified atom stereocenters. The van der Waals surface area contributed by atoms with Crippen LogP contribution in [0.2, 0.25) is 0 Å². The van der Waals surface area contributed by atoms with E-state index in [1.54, 1.807) is 41.3 Å². The maximum atomic E-state index is 12.9. The number of benzene rings is 2. The van der Waals surface area contributed by atoms with Gasteiger partial charge in [-0.15, -0.1) is 0 Å². The van der Waals surface area contributed by atoms with Crippen LogP contribution in [0.1, 0.15) is 10.4 Å². The van der Waals surface area contributed by atoms with Crippen molar-refractivity contribution in [1.29, 1.82) is 0 Å². The van der Waals surface area contributed by atoms with Crippen LogP contribution >= 0.6 is 0 Å². The Morgan fingerprint density at radius 2 is 1.86 bits per heavy atom. The van der Waals surface area contributed by atoms with Crippen LogP contribution in [0.3, 0.4) is 0 Å². The molecule has 0 aromatic heterocycles. The number of rotatable bonds is 7. The third kappa shape index (κ3) is 4.43. The zero-order valence-electron chi connectivity index (χ0n) is 17.0. The van der Waals surface area contributed by atoms with Crippen molar-refractivity contribution in [1.82, 2.24) is 4.90 Å². The van der Waals surface area contributed by atoms with E-state index in [2.05, 4.69) is 5.32 Å². The Labute approximate surface area is 170 Å². The predicted octanol–water partition coefficient (Wildman–Crippen LogP) is 2.24. The lowest BCUT2D eigenvalue weighted by Crippen LogP contribution is -2.42. The first-order valence-corrected chi connectivity index (χ1v) is 9.19. The van der Waals surface area contributed by atoms with Crippen LogP contribution in [0.25, 0.3) is 0 Å². The molecule has 8 heteroatoms. The average Bonchev–Trinajstić information content (AvgIpc) is 2.72. The summed E-state index contributed by atoms with van der Waals surface area (Å²) in [6.45, 7) is 1.24. The molecule has 2 amide bonds. The molecule has 1 heterocycles. The Balaban J connectivity index is 1.88. The molecule has 29 heavy (non-hydrogen) atoms. The van der Waals surface area contributed by atoms with E-state index < -0.39 is 0 Å². The molecule has 0 saturated heterocycles. The molecule has 0 bridgehead atoms. The largest absolute Gasteiger partial charge is 0.496 e. The van der Waals surface area contributed by atoms with E-state index in [4.69, 9.17) is 14.2 Å². The van der Waals surface area contributed by atoms with Crippen LogP contribution in [0.15, 0.2) is 36.4 Å². The van der Waals surface area contributed by atoms with Crippen LogP contribution in [0, 0.1) is 0 Å². The van der Waals surface area contributed by atoms with E-state index in [1.807, 2.05) is 19.0 Å². The molecule has 2 aromatic carbocycles. The van der Waals surface area contributed by atoms with Crippen molar-refractivity contribution in [3.8, 4) is 17.2 Å². The molecule has 2 aromatic rings. The van der Waals surface area contributed by atoms with Gasteiger partial charge in [0.05, 0.1) is 19.9 Å². The molecule has 8 nitrogen and oxygen atoms in total. The van der Waals surface area contributed by atoms with Gasteiger partial charge in [0.2, 0.25) is 0 Å². The third-order valence-electron chi connectivity index (χ3n) is 4.59. The van der Waals surface area contributed by atoms with E-state index >= 15 is 0 Å². The van der Waals surface area contributed by atoms with Crippen molar-refractivity contribution in [3.05, 3.63) is 42.0 Å². The van der Waals surface area contributed by atoms with E-state index in [0.717, 1.165) is 0 Å². The van der Waals surface area contributed by atoms with Crippen LogP contribution in [-0.4, -0.2) is 64.7 Å². The van der Waals surface area contributed by atoms with Gasteiger partial charge >= 0.3 is 0 Å². The third-order valence-corrected chi connectivity index (χ3v) is 4.59. The van der Waals surface area contributed by atoms with Crippen molar-refractivity contribution in [2.45, 2.75) is 0 Å². The SMILES string of the molecule is COc1cccc(OC)c1C(=O)Nc1ccc2c(c1)N(CCN(C)C)C(=O)CO2. The number of anilines is 2. The monoisotopic (exact) mass is 399 g/mol. The summed E-state index contributed by atoms with van der Waals surface area (Å²) in [4.78, 5) is 28.9. The minimum Gasteiger partial charge on any atom is -0.496 e. The minimum absolute atomic E-state index is 0.00451. The average molecular weight is 399 g/mol. The molecular formula is C21H25N3O5. The molecule has 1 aliphatic heterocycles. The fourth-order valence-corrected chi connectivity index (χ4v) is 3.09. The molecule has 0 spiro atoms. The number of hydrogen-bond acceptors (Lipinski definition) is 6. The van der Waals surface area contributed by atoms with Gasteiger partial charge < -0.3 is 29.3 Å². The van der Waals surface area contributed by atoms with Gasteiger partial charge in [-0.05, 0) is 44.4 Å². The molecule has 0 atom stereocenters. The molecular weight excluding hydrogens is 374 g/mol. The van der Waals surface area contributed by atoms with E-state index in [1.165, 1.54) is 14.2 Å². The highest BCUT2D eigenvalue weighted by atomic mass is 16.5. The summed E-state index contributed by atoms with van der Waals surface area (Å²) in [5.74, 6) is 0.935. The smallest absolute Gasteiger partial charge is 0.265 e. The maximum Gasteiger partial charge on any atom is 0.265 e. The number of ether oxygens (including phenoxy) is 3. The molecule has 3 rings (SSSR count). The molecule has 0 aliphatic carbocycles. The first-order valence-electron chi connectivity index (χ1n) is 9.19. The normalized spacial score (nSPS) is 13.0. The standard InChI is InChI=1S/C21H25N3O5/c1-23(2)10-11-24-15-12-14(8-9-16(15)29-13-19(24)25)22-21(26)20-17(27-3)6-5-7-18(20)28-4/h5-9,12H,10-11,13H2,1-4H3,(H,22,26). The van der Waals surface area contributed by atoms with Crippen LogP contribution in [0.5, 0.6) is 17.2 Å². The summed E-state index contributed by atoms with van der Waals surface area (Å²) in [6.07, 6.45) is 0. The van der Waals surface area contributed by atoms with Crippen molar-refractivity contribution in [3.63, 3.8) is 0 Å². The summed E-state index contributed by atoms with van der Waals surface area (Å²) < 4.78 is 16.1. The molecule has 1 N–H and O–H groups in total. The predicted molar refractivity (Wildman–Crippen MR) is 110 cm³/mol. The highest BCUT2D eigenvalue weighted by Gasteiger charge is 2.26. The van der Waals surface area contributed by atoms with Crippen LogP contribution in [-0.2, 0) is 4.79 Å². The highest BCUT2D eigenvalue weighted by molar-refractivity contribution is 6.09. The highest BCUT2D eigenvalue weighted by Crippen LogP contribution is 2.35. The number of carbonyl (C=O) groups is 2. The van der Waals surface area contributed by atoms with Crippen LogP contribution in [0.4, 0.5) is 11.4 Å². The Hall–Kier alpha value is -3.26. The Bertz CT molecular complexity index is 891. The van der Waals surface area contributed by atoms with Crippen molar-refractivity contribution in [2.24, 2.45) is 0 Å². The Morgan fingerprint density at radius 1 is 1.17 bits per heavy atom. The summed E-state index contributed by atoms with van der Waals surface area (Å²) in [6, 6.07) is 10.4. The maximum absolute atomic E-state index is 12.9. The zero-order chi connectivity index (χ0) is 21.0. The zero-order valence-corrected chi connectivity index (χ0v) is 17.0. The van der Waals surface area contributed by atoms with Gasteiger partial charge in [0.15, 0.2) is 6.61 Å². The van der Waals surface area contributed by atoms with Crippen molar-refractivity contribution >= 4 is 23.2 Å². The summed E-state index contributed by atoms with van der Waals surface area (Å²) in [5, 5.41) is 2.86. The summed E-state index contributed by atoms with van der Waals surface area (Å²) >= 11 is 0. The number of nitrogens with zero attached hydrogens (tertiary/aromatic N) is 2. The van der Waals surface area contributed by atoms with E-state index in [9.17, 15) is 9.59 Å². The number of amides is 2. The number of carbonyl (C=O) groups excluding carboxylic acids is 2. The van der Waals surface area contributed by atoms with Gasteiger partial charge in [0.25, 0.3) is 11.8 Å². The fourth-order valence-electron chi connectivity index (χ4n) is 3.09. The van der Waals surface area contributed by atoms with E-state index in [0.29, 0.717) is 47.3 Å². The molecule has 154 valence electrons. The Kier molecular flexibility index (Phi) is 6.23. The first-order chi connectivity index (χ1) is 13.9. The molecule has 1 aliphatic rings. The van der Waals surface area contributed by atoms with Gasteiger partial charge in [0, 0.05) is 18.8 Å². The van der Waals surface area contributed by atoms with Crippen molar-refractivity contribution in [2.75, 3.05) is 58.2 Å². The van der Waals surface area contributed by atoms with Gasteiger partial charge in [-0.25, -0.2) is 0 Å². The lowest BCUT2D eigenvalue weighted by molar-refractivity contribution is -0.121. The van der Waals surface area contributed by atoms with E-state index in [-0.39, 0.29) is 18.4 Å². The number of hydrogen-bond donors (Lipinski definition) is 1. The second-order valence-corrected chi connectivity index (χ2v) is 6.81. The fraction of sp³-hybridized carbons (Fsp3) is 0.333. The topological polar surface area (TPSA) is 80.3 Å². The first kappa shape index (κ1) is 20.5. The number of nitrogens with one attached hydrogen (secondary N) is 1. The quantitative estimate of drug-likeness (QED) is 0.769. The van der Waals surface area contributed by atoms with Gasteiger partial charge in [-0.2, -0.15) is 0 Å². The van der Waals surface area contributed by atoms with Gasteiger partial charge in [-0.1, -0.05) is 6.07 Å². The second kappa shape index (κ2) is 8.83. The van der Waals surface area contributed by atoms with Crippen molar-refractivity contribution < 1.29 is 23.8 Å².